The highest BCUT2D eigenvalue weighted by atomic mass is 16.5. The Hall–Kier alpha value is -3.35. The molecule has 1 N–H and O–H groups in total. The zero-order valence-corrected chi connectivity index (χ0v) is 19.7. The summed E-state index contributed by atoms with van der Waals surface area (Å²) >= 11 is 0. The SMILES string of the molecule is C[C@H]1CCC[C@H](Oc2ccc(-c3nnn(C)c3CNC(=O)N(C)Cc3ccccc3)cc2)C1. The minimum atomic E-state index is -0.142. The number of carbonyl (C=O) groups is 1. The van der Waals surface area contributed by atoms with Gasteiger partial charge in [-0.2, -0.15) is 0 Å². The van der Waals surface area contributed by atoms with Crippen molar-refractivity contribution in [2.75, 3.05) is 7.05 Å². The quantitative estimate of drug-likeness (QED) is 0.566. The molecular weight excluding hydrogens is 414 g/mol. The lowest BCUT2D eigenvalue weighted by Crippen LogP contribution is -2.36. The first kappa shape index (κ1) is 22.8. The van der Waals surface area contributed by atoms with Gasteiger partial charge in [0.2, 0.25) is 0 Å². The zero-order chi connectivity index (χ0) is 23.2. The normalized spacial score (nSPS) is 18.0. The van der Waals surface area contributed by atoms with Crippen molar-refractivity contribution in [3.63, 3.8) is 0 Å². The summed E-state index contributed by atoms with van der Waals surface area (Å²) in [5.41, 5.74) is 3.66. The van der Waals surface area contributed by atoms with Crippen LogP contribution in [0.25, 0.3) is 11.3 Å². The van der Waals surface area contributed by atoms with Gasteiger partial charge in [0.1, 0.15) is 11.4 Å². The molecule has 1 aromatic heterocycles. The fraction of sp³-hybridized carbons (Fsp3) is 0.423. The number of aromatic nitrogens is 3. The van der Waals surface area contributed by atoms with Crippen LogP contribution < -0.4 is 10.1 Å². The topological polar surface area (TPSA) is 72.3 Å². The van der Waals surface area contributed by atoms with E-state index >= 15 is 0 Å². The summed E-state index contributed by atoms with van der Waals surface area (Å²) in [6, 6.07) is 17.8. The summed E-state index contributed by atoms with van der Waals surface area (Å²) in [5, 5.41) is 11.5. The molecule has 1 aliphatic rings. The van der Waals surface area contributed by atoms with Crippen molar-refractivity contribution in [3.05, 3.63) is 65.9 Å². The van der Waals surface area contributed by atoms with Crippen LogP contribution in [0.1, 0.15) is 43.9 Å². The minimum Gasteiger partial charge on any atom is -0.490 e. The van der Waals surface area contributed by atoms with Crippen LogP contribution in [0, 0.1) is 5.92 Å². The molecule has 4 rings (SSSR count). The smallest absolute Gasteiger partial charge is 0.317 e. The van der Waals surface area contributed by atoms with E-state index in [4.69, 9.17) is 4.74 Å². The summed E-state index contributed by atoms with van der Waals surface area (Å²) in [5.74, 6) is 1.62. The van der Waals surface area contributed by atoms with Crippen LogP contribution in [0.3, 0.4) is 0 Å². The average molecular weight is 448 g/mol. The number of urea groups is 1. The molecule has 1 aliphatic carbocycles. The monoisotopic (exact) mass is 447 g/mol. The van der Waals surface area contributed by atoms with E-state index < -0.39 is 0 Å². The van der Waals surface area contributed by atoms with Crippen LogP contribution in [-0.4, -0.2) is 39.1 Å². The number of hydrogen-bond donors (Lipinski definition) is 1. The summed E-state index contributed by atoms with van der Waals surface area (Å²) in [7, 11) is 3.63. The second-order valence-corrected chi connectivity index (χ2v) is 9.04. The molecule has 0 aliphatic heterocycles. The number of nitrogens with zero attached hydrogens (tertiary/aromatic N) is 4. The molecule has 1 heterocycles. The van der Waals surface area contributed by atoms with E-state index in [0.29, 0.717) is 19.2 Å². The highest BCUT2D eigenvalue weighted by Gasteiger charge is 2.20. The molecule has 1 fully saturated rings. The van der Waals surface area contributed by atoms with E-state index in [-0.39, 0.29) is 6.03 Å². The largest absolute Gasteiger partial charge is 0.490 e. The molecule has 33 heavy (non-hydrogen) atoms. The molecule has 2 amide bonds. The van der Waals surface area contributed by atoms with Crippen LogP contribution in [-0.2, 0) is 20.1 Å². The van der Waals surface area contributed by atoms with Gasteiger partial charge in [-0.1, -0.05) is 48.9 Å². The van der Waals surface area contributed by atoms with Gasteiger partial charge in [0.25, 0.3) is 0 Å². The van der Waals surface area contributed by atoms with Crippen LogP contribution in [0.2, 0.25) is 0 Å². The Bertz CT molecular complexity index is 1050. The van der Waals surface area contributed by atoms with E-state index in [1.54, 1.807) is 16.6 Å². The summed E-state index contributed by atoms with van der Waals surface area (Å²) in [4.78, 5) is 14.3. The van der Waals surface area contributed by atoms with E-state index in [2.05, 4.69) is 22.6 Å². The molecule has 174 valence electrons. The maximum absolute atomic E-state index is 12.6. The van der Waals surface area contributed by atoms with Crippen molar-refractivity contribution in [3.8, 4) is 17.0 Å². The summed E-state index contributed by atoms with van der Waals surface area (Å²) in [6.07, 6.45) is 5.08. The Balaban J connectivity index is 1.37. The minimum absolute atomic E-state index is 0.142. The standard InChI is InChI=1S/C26H33N5O2/c1-19-8-7-11-23(16-19)33-22-14-12-21(13-15-22)25-24(31(3)29-28-25)17-27-26(32)30(2)18-20-9-5-4-6-10-20/h4-6,9-10,12-15,19,23H,7-8,11,16-18H2,1-3H3,(H,27,32)/t19-,23-/m0/s1. The fourth-order valence-electron chi connectivity index (χ4n) is 4.39. The van der Waals surface area contributed by atoms with Crippen LogP contribution >= 0.6 is 0 Å². The predicted octanol–water partition coefficient (Wildman–Crippen LogP) is 4.78. The molecule has 2 aromatic carbocycles. The number of rotatable bonds is 7. The first-order chi connectivity index (χ1) is 16.0. The Labute approximate surface area is 195 Å². The number of amides is 2. The van der Waals surface area contributed by atoms with Gasteiger partial charge in [0.05, 0.1) is 18.3 Å². The van der Waals surface area contributed by atoms with Gasteiger partial charge in [-0.3, -0.25) is 0 Å². The molecule has 2 atom stereocenters. The van der Waals surface area contributed by atoms with Gasteiger partial charge >= 0.3 is 6.03 Å². The highest BCUT2D eigenvalue weighted by molar-refractivity contribution is 5.74. The number of carbonyl (C=O) groups excluding carboxylic acids is 1. The number of nitrogens with one attached hydrogen (secondary N) is 1. The van der Waals surface area contributed by atoms with Crippen molar-refractivity contribution in [1.82, 2.24) is 25.2 Å². The van der Waals surface area contributed by atoms with Gasteiger partial charge < -0.3 is 15.0 Å². The van der Waals surface area contributed by atoms with E-state index in [0.717, 1.165) is 47.0 Å². The molecule has 7 heteroatoms. The lowest BCUT2D eigenvalue weighted by molar-refractivity contribution is 0.129. The average Bonchev–Trinajstić information content (AvgIpc) is 3.19. The second kappa shape index (κ2) is 10.5. The van der Waals surface area contributed by atoms with Gasteiger partial charge in [-0.15, -0.1) is 5.10 Å². The number of ether oxygens (including phenoxy) is 1. The third kappa shape index (κ3) is 5.92. The number of hydrogen-bond acceptors (Lipinski definition) is 4. The third-order valence-electron chi connectivity index (χ3n) is 6.28. The Morgan fingerprint density at radius 2 is 1.91 bits per heavy atom. The lowest BCUT2D eigenvalue weighted by atomic mass is 9.89. The van der Waals surface area contributed by atoms with Gasteiger partial charge in [0, 0.05) is 26.2 Å². The van der Waals surface area contributed by atoms with E-state index in [1.807, 2.05) is 61.6 Å². The van der Waals surface area contributed by atoms with Gasteiger partial charge in [-0.25, -0.2) is 9.48 Å². The zero-order valence-electron chi connectivity index (χ0n) is 19.7. The van der Waals surface area contributed by atoms with Crippen molar-refractivity contribution < 1.29 is 9.53 Å². The maximum atomic E-state index is 12.6. The first-order valence-corrected chi connectivity index (χ1v) is 11.7. The number of benzene rings is 2. The van der Waals surface area contributed by atoms with Crippen molar-refractivity contribution in [2.24, 2.45) is 13.0 Å². The van der Waals surface area contributed by atoms with Gasteiger partial charge in [0.15, 0.2) is 0 Å². The predicted molar refractivity (Wildman–Crippen MR) is 129 cm³/mol. The number of aryl methyl sites for hydroxylation is 1. The summed E-state index contributed by atoms with van der Waals surface area (Å²) in [6.45, 7) is 3.19. The lowest BCUT2D eigenvalue weighted by Gasteiger charge is -2.27. The highest BCUT2D eigenvalue weighted by Crippen LogP contribution is 2.29. The van der Waals surface area contributed by atoms with Crippen molar-refractivity contribution in [1.29, 1.82) is 0 Å². The van der Waals surface area contributed by atoms with Crippen molar-refractivity contribution in [2.45, 2.75) is 51.8 Å². The molecule has 0 bridgehead atoms. The molecule has 1 saturated carbocycles. The Kier molecular flexibility index (Phi) is 7.27. The van der Waals surface area contributed by atoms with Crippen LogP contribution in [0.15, 0.2) is 54.6 Å². The molecular formula is C26H33N5O2. The molecule has 0 saturated heterocycles. The van der Waals surface area contributed by atoms with Crippen LogP contribution in [0.4, 0.5) is 4.79 Å². The van der Waals surface area contributed by atoms with Gasteiger partial charge in [-0.05, 0) is 55.0 Å². The molecule has 0 radical (unpaired) electrons. The summed E-state index contributed by atoms with van der Waals surface area (Å²) < 4.78 is 7.91. The third-order valence-corrected chi connectivity index (χ3v) is 6.28. The fourth-order valence-corrected chi connectivity index (χ4v) is 4.39. The molecule has 3 aromatic rings. The second-order valence-electron chi connectivity index (χ2n) is 9.04. The molecule has 0 unspecified atom stereocenters. The maximum Gasteiger partial charge on any atom is 0.317 e. The Morgan fingerprint density at radius 1 is 1.15 bits per heavy atom. The van der Waals surface area contributed by atoms with E-state index in [1.165, 1.54) is 12.8 Å². The molecule has 0 spiro atoms. The van der Waals surface area contributed by atoms with E-state index in [9.17, 15) is 4.79 Å². The Morgan fingerprint density at radius 3 is 2.64 bits per heavy atom. The van der Waals surface area contributed by atoms with Crippen molar-refractivity contribution >= 4 is 6.03 Å². The first-order valence-electron chi connectivity index (χ1n) is 11.7. The van der Waals surface area contributed by atoms with Crippen LogP contribution in [0.5, 0.6) is 5.75 Å². The molecule has 7 nitrogen and oxygen atoms in total.